The Bertz CT molecular complexity index is 448. The number of rotatable bonds is 2. The molecule has 2 aromatic heterocycles. The maximum atomic E-state index is 10.6. The van der Waals surface area contributed by atoms with Crippen molar-refractivity contribution in [3.63, 3.8) is 0 Å². The molecule has 13 heavy (non-hydrogen) atoms. The number of nitrogens with zero attached hydrogens (tertiary/aromatic N) is 3. The highest BCUT2D eigenvalue weighted by Crippen LogP contribution is 2.11. The van der Waals surface area contributed by atoms with Crippen LogP contribution in [-0.2, 0) is 0 Å². The molecule has 2 aromatic rings. The van der Waals surface area contributed by atoms with Crippen molar-refractivity contribution in [2.24, 2.45) is 0 Å². The molecule has 0 aliphatic rings. The molecule has 66 valence electrons. The lowest BCUT2D eigenvalue weighted by Crippen LogP contribution is -1.98. The van der Waals surface area contributed by atoms with E-state index in [1.54, 1.807) is 23.8 Å². The van der Waals surface area contributed by atoms with Crippen LogP contribution in [0.5, 0.6) is 0 Å². The molecule has 0 bridgehead atoms. The summed E-state index contributed by atoms with van der Waals surface area (Å²) in [4.78, 5) is 18.7. The highest BCUT2D eigenvalue weighted by atomic mass is 16.1. The second-order valence-corrected chi connectivity index (χ2v) is 2.52. The van der Waals surface area contributed by atoms with E-state index in [-0.39, 0.29) is 0 Å². The van der Waals surface area contributed by atoms with E-state index in [0.717, 1.165) is 6.29 Å². The van der Waals surface area contributed by atoms with Crippen LogP contribution >= 0.6 is 0 Å². The minimum Gasteiger partial charge on any atom is -0.370 e. The van der Waals surface area contributed by atoms with E-state index in [2.05, 4.69) is 15.3 Å². The summed E-state index contributed by atoms with van der Waals surface area (Å²) in [6.45, 7) is 0. The summed E-state index contributed by atoms with van der Waals surface area (Å²) in [5.74, 6) is 0.663. The van der Waals surface area contributed by atoms with Crippen molar-refractivity contribution in [2.45, 2.75) is 0 Å². The van der Waals surface area contributed by atoms with Gasteiger partial charge in [0, 0.05) is 19.4 Å². The van der Waals surface area contributed by atoms with Crippen LogP contribution in [0, 0.1) is 0 Å². The first-order valence-electron chi connectivity index (χ1n) is 3.82. The molecule has 0 saturated carbocycles. The Kier molecular flexibility index (Phi) is 1.70. The maximum absolute atomic E-state index is 10.6. The van der Waals surface area contributed by atoms with E-state index < -0.39 is 0 Å². The van der Waals surface area contributed by atoms with Gasteiger partial charge in [-0.2, -0.15) is 0 Å². The lowest BCUT2D eigenvalue weighted by Gasteiger charge is -2.00. The second kappa shape index (κ2) is 2.85. The molecule has 0 unspecified atom stereocenters. The highest BCUT2D eigenvalue weighted by Gasteiger charge is 2.05. The SMILES string of the molecule is CNc1nccn2c(C=O)cnc12. The number of anilines is 1. The largest absolute Gasteiger partial charge is 0.370 e. The molecule has 0 saturated heterocycles. The number of aldehydes is 1. The van der Waals surface area contributed by atoms with Crippen LogP contribution < -0.4 is 5.32 Å². The lowest BCUT2D eigenvalue weighted by atomic mass is 10.5. The average Bonchev–Trinajstić information content (AvgIpc) is 2.60. The molecule has 0 aromatic carbocycles. The Morgan fingerprint density at radius 3 is 3.08 bits per heavy atom. The fourth-order valence-electron chi connectivity index (χ4n) is 1.20. The quantitative estimate of drug-likeness (QED) is 0.680. The Labute approximate surface area is 74.4 Å². The molecule has 2 heterocycles. The first kappa shape index (κ1) is 7.72. The van der Waals surface area contributed by atoms with Gasteiger partial charge in [-0.05, 0) is 0 Å². The average molecular weight is 176 g/mol. The Morgan fingerprint density at radius 1 is 1.54 bits per heavy atom. The van der Waals surface area contributed by atoms with Gasteiger partial charge in [0.15, 0.2) is 17.8 Å². The number of hydrogen-bond donors (Lipinski definition) is 1. The summed E-state index contributed by atoms with van der Waals surface area (Å²) in [5, 5.41) is 2.90. The van der Waals surface area contributed by atoms with Crippen LogP contribution in [0.4, 0.5) is 5.82 Å². The van der Waals surface area contributed by atoms with Crippen molar-refractivity contribution in [1.29, 1.82) is 0 Å². The smallest absolute Gasteiger partial charge is 0.180 e. The van der Waals surface area contributed by atoms with E-state index in [9.17, 15) is 4.79 Å². The lowest BCUT2D eigenvalue weighted by molar-refractivity contribution is 0.111. The van der Waals surface area contributed by atoms with E-state index in [1.165, 1.54) is 6.20 Å². The van der Waals surface area contributed by atoms with Crippen LogP contribution in [-0.4, -0.2) is 27.7 Å². The number of imidazole rings is 1. The third-order valence-electron chi connectivity index (χ3n) is 1.81. The van der Waals surface area contributed by atoms with Gasteiger partial charge in [-0.1, -0.05) is 0 Å². The number of nitrogens with one attached hydrogen (secondary N) is 1. The Morgan fingerprint density at radius 2 is 2.38 bits per heavy atom. The predicted octanol–water partition coefficient (Wildman–Crippen LogP) is 0.583. The number of carbonyl (C=O) groups excluding carboxylic acids is 1. The predicted molar refractivity (Wildman–Crippen MR) is 47.9 cm³/mol. The zero-order valence-corrected chi connectivity index (χ0v) is 7.06. The molecular formula is C8H8N4O. The Balaban J connectivity index is 2.79. The molecule has 0 spiro atoms. The van der Waals surface area contributed by atoms with Crippen molar-refractivity contribution in [2.75, 3.05) is 12.4 Å². The molecule has 0 radical (unpaired) electrons. The van der Waals surface area contributed by atoms with Crippen LogP contribution in [0.25, 0.3) is 5.65 Å². The minimum atomic E-state index is 0.522. The van der Waals surface area contributed by atoms with Crippen LogP contribution in [0.15, 0.2) is 18.6 Å². The van der Waals surface area contributed by atoms with Gasteiger partial charge in [0.25, 0.3) is 0 Å². The van der Waals surface area contributed by atoms with Gasteiger partial charge in [-0.25, -0.2) is 9.97 Å². The van der Waals surface area contributed by atoms with Crippen molar-refractivity contribution in [3.05, 3.63) is 24.3 Å². The van der Waals surface area contributed by atoms with Crippen molar-refractivity contribution < 1.29 is 4.79 Å². The maximum Gasteiger partial charge on any atom is 0.180 e. The van der Waals surface area contributed by atoms with Crippen molar-refractivity contribution in [1.82, 2.24) is 14.4 Å². The van der Waals surface area contributed by atoms with E-state index >= 15 is 0 Å². The monoisotopic (exact) mass is 176 g/mol. The minimum absolute atomic E-state index is 0.522. The molecule has 5 nitrogen and oxygen atoms in total. The zero-order valence-electron chi connectivity index (χ0n) is 7.06. The van der Waals surface area contributed by atoms with Crippen LogP contribution in [0.1, 0.15) is 10.5 Å². The molecule has 0 fully saturated rings. The molecule has 0 amide bonds. The van der Waals surface area contributed by atoms with Crippen molar-refractivity contribution in [3.8, 4) is 0 Å². The molecule has 0 aliphatic carbocycles. The van der Waals surface area contributed by atoms with Crippen LogP contribution in [0.3, 0.4) is 0 Å². The van der Waals surface area contributed by atoms with Crippen LogP contribution in [0.2, 0.25) is 0 Å². The summed E-state index contributed by atoms with van der Waals surface area (Å²) in [5.41, 5.74) is 1.18. The van der Waals surface area contributed by atoms with E-state index in [4.69, 9.17) is 0 Å². The molecule has 1 N–H and O–H groups in total. The summed E-state index contributed by atoms with van der Waals surface area (Å²) in [6, 6.07) is 0. The third-order valence-corrected chi connectivity index (χ3v) is 1.81. The highest BCUT2D eigenvalue weighted by molar-refractivity contribution is 5.76. The summed E-state index contributed by atoms with van der Waals surface area (Å²) < 4.78 is 1.69. The number of hydrogen-bond acceptors (Lipinski definition) is 4. The molecule has 2 rings (SSSR count). The number of fused-ring (bicyclic) bond motifs is 1. The summed E-state index contributed by atoms with van der Waals surface area (Å²) in [6.07, 6.45) is 5.60. The van der Waals surface area contributed by atoms with Gasteiger partial charge in [0.1, 0.15) is 5.69 Å². The molecule has 5 heteroatoms. The van der Waals surface area contributed by atoms with Gasteiger partial charge >= 0.3 is 0 Å². The Hall–Kier alpha value is -1.91. The number of aromatic nitrogens is 3. The van der Waals surface area contributed by atoms with Crippen molar-refractivity contribution >= 4 is 17.8 Å². The normalized spacial score (nSPS) is 10.2. The molecule has 0 aliphatic heterocycles. The first-order valence-corrected chi connectivity index (χ1v) is 3.82. The third kappa shape index (κ3) is 1.05. The zero-order chi connectivity index (χ0) is 9.26. The van der Waals surface area contributed by atoms with E-state index in [0.29, 0.717) is 17.2 Å². The van der Waals surface area contributed by atoms with Gasteiger partial charge in [-0.15, -0.1) is 0 Å². The summed E-state index contributed by atoms with van der Waals surface area (Å²) in [7, 11) is 1.76. The number of carbonyl (C=O) groups is 1. The summed E-state index contributed by atoms with van der Waals surface area (Å²) >= 11 is 0. The fourth-order valence-corrected chi connectivity index (χ4v) is 1.20. The standard InChI is InChI=1S/C8H8N4O/c1-9-7-8-11-4-6(5-13)12(8)3-2-10-7/h2-5H,1H3,(H,9,10). The van der Waals surface area contributed by atoms with E-state index in [1.807, 2.05) is 0 Å². The van der Waals surface area contributed by atoms with Gasteiger partial charge in [0.2, 0.25) is 0 Å². The molecule has 0 atom stereocenters. The van der Waals surface area contributed by atoms with Gasteiger partial charge < -0.3 is 5.32 Å². The van der Waals surface area contributed by atoms with Gasteiger partial charge in [0.05, 0.1) is 6.20 Å². The topological polar surface area (TPSA) is 59.3 Å². The van der Waals surface area contributed by atoms with Gasteiger partial charge in [-0.3, -0.25) is 9.20 Å². The molecular weight excluding hydrogens is 168 g/mol. The first-order chi connectivity index (χ1) is 6.36. The fraction of sp³-hybridized carbons (Fsp3) is 0.125. The second-order valence-electron chi connectivity index (χ2n) is 2.52.